The van der Waals surface area contributed by atoms with Crippen LogP contribution in [0.25, 0.3) is 10.4 Å². The highest BCUT2D eigenvalue weighted by atomic mass is 35.5. The number of pyridine rings is 1. The molecule has 20 heavy (non-hydrogen) atoms. The molecule has 2 nitrogen and oxygen atoms in total. The lowest BCUT2D eigenvalue weighted by molar-refractivity contribution is 1.15. The molecule has 1 aromatic carbocycles. The van der Waals surface area contributed by atoms with Gasteiger partial charge in [-0.3, -0.25) is 4.98 Å². The van der Waals surface area contributed by atoms with Crippen LogP contribution in [-0.2, 0) is 6.54 Å². The third-order valence-corrected chi connectivity index (χ3v) is 4.33. The van der Waals surface area contributed by atoms with Crippen LogP contribution in [0.15, 0.2) is 60.2 Å². The lowest BCUT2D eigenvalue weighted by atomic mass is 10.2. The smallest absolute Gasteiger partial charge is 0.0458 e. The molecule has 4 heteroatoms. The van der Waals surface area contributed by atoms with Crippen molar-refractivity contribution >= 4 is 28.6 Å². The lowest BCUT2D eigenvalue weighted by Gasteiger charge is -2.05. The van der Waals surface area contributed by atoms with Gasteiger partial charge in [-0.05, 0) is 23.8 Å². The molecule has 2 heterocycles. The number of halogens is 1. The Hall–Kier alpha value is -1.84. The number of aromatic nitrogens is 1. The van der Waals surface area contributed by atoms with Crippen LogP contribution in [0.3, 0.4) is 0 Å². The van der Waals surface area contributed by atoms with Crippen molar-refractivity contribution in [1.82, 2.24) is 4.98 Å². The molecule has 2 aromatic heterocycles. The Morgan fingerprint density at radius 3 is 2.85 bits per heavy atom. The van der Waals surface area contributed by atoms with E-state index in [4.69, 9.17) is 11.6 Å². The molecule has 0 aliphatic carbocycles. The summed E-state index contributed by atoms with van der Waals surface area (Å²) < 4.78 is 0. The van der Waals surface area contributed by atoms with E-state index in [1.165, 1.54) is 4.88 Å². The fourth-order valence-electron chi connectivity index (χ4n) is 1.93. The van der Waals surface area contributed by atoms with Crippen molar-refractivity contribution in [2.75, 3.05) is 5.32 Å². The second kappa shape index (κ2) is 6.07. The number of nitrogens with one attached hydrogen (secondary N) is 1. The molecule has 1 N–H and O–H groups in total. The minimum atomic E-state index is 0.725. The van der Waals surface area contributed by atoms with Crippen LogP contribution < -0.4 is 5.32 Å². The molecular weight excluding hydrogens is 288 g/mol. The second-order valence-electron chi connectivity index (χ2n) is 4.39. The molecule has 0 saturated heterocycles. The zero-order chi connectivity index (χ0) is 13.8. The lowest BCUT2D eigenvalue weighted by Crippen LogP contribution is -1.98. The summed E-state index contributed by atoms with van der Waals surface area (Å²) >= 11 is 7.85. The Morgan fingerprint density at radius 1 is 1.15 bits per heavy atom. The molecule has 0 aliphatic rings. The van der Waals surface area contributed by atoms with Crippen molar-refractivity contribution in [3.63, 3.8) is 0 Å². The highest BCUT2D eigenvalue weighted by Crippen LogP contribution is 2.29. The third-order valence-electron chi connectivity index (χ3n) is 2.99. The first kappa shape index (κ1) is 13.2. The Kier molecular flexibility index (Phi) is 4.00. The number of hydrogen-bond donors (Lipinski definition) is 1. The Balaban J connectivity index is 1.71. The van der Waals surface area contributed by atoms with Crippen LogP contribution >= 0.6 is 22.9 Å². The normalized spacial score (nSPS) is 10.4. The molecule has 0 unspecified atom stereocenters. The first-order valence-electron chi connectivity index (χ1n) is 6.29. The average Bonchev–Trinajstić information content (AvgIpc) is 2.96. The van der Waals surface area contributed by atoms with Crippen LogP contribution in [0.4, 0.5) is 5.69 Å². The van der Waals surface area contributed by atoms with Crippen molar-refractivity contribution in [1.29, 1.82) is 0 Å². The van der Waals surface area contributed by atoms with Gasteiger partial charge >= 0.3 is 0 Å². The number of rotatable bonds is 4. The number of thiophene rings is 1. The van der Waals surface area contributed by atoms with Gasteiger partial charge in [0.15, 0.2) is 0 Å². The molecule has 0 fully saturated rings. The van der Waals surface area contributed by atoms with Gasteiger partial charge < -0.3 is 5.32 Å². The average molecular weight is 301 g/mol. The van der Waals surface area contributed by atoms with Gasteiger partial charge in [-0.1, -0.05) is 35.9 Å². The molecule has 0 aliphatic heterocycles. The molecule has 0 atom stereocenters. The van der Waals surface area contributed by atoms with Crippen molar-refractivity contribution in [3.05, 3.63) is 70.8 Å². The fraction of sp³-hybridized carbons (Fsp3) is 0.0625. The number of anilines is 1. The fourth-order valence-corrected chi connectivity index (χ4v) is 2.99. The molecule has 0 spiro atoms. The Labute approximate surface area is 127 Å². The summed E-state index contributed by atoms with van der Waals surface area (Å²) in [5.74, 6) is 0. The number of benzene rings is 1. The van der Waals surface area contributed by atoms with Gasteiger partial charge in [0.2, 0.25) is 0 Å². The monoisotopic (exact) mass is 300 g/mol. The van der Waals surface area contributed by atoms with Crippen molar-refractivity contribution in [3.8, 4) is 10.4 Å². The van der Waals surface area contributed by atoms with E-state index in [9.17, 15) is 0 Å². The Bertz CT molecular complexity index is 694. The first-order chi connectivity index (χ1) is 9.83. The van der Waals surface area contributed by atoms with E-state index in [2.05, 4.69) is 27.8 Å². The van der Waals surface area contributed by atoms with E-state index in [-0.39, 0.29) is 0 Å². The van der Waals surface area contributed by atoms with Gasteiger partial charge in [-0.2, -0.15) is 0 Å². The maximum Gasteiger partial charge on any atom is 0.0458 e. The van der Waals surface area contributed by atoms with Crippen molar-refractivity contribution in [2.45, 2.75) is 6.54 Å². The van der Waals surface area contributed by atoms with E-state index in [0.717, 1.165) is 28.4 Å². The summed E-state index contributed by atoms with van der Waals surface area (Å²) in [7, 11) is 0. The molecule has 3 rings (SSSR count). The van der Waals surface area contributed by atoms with Crippen LogP contribution in [-0.4, -0.2) is 4.98 Å². The maximum absolute atomic E-state index is 6.15. The van der Waals surface area contributed by atoms with Crippen molar-refractivity contribution < 1.29 is 0 Å². The van der Waals surface area contributed by atoms with Crippen LogP contribution in [0, 0.1) is 0 Å². The molecule has 100 valence electrons. The van der Waals surface area contributed by atoms with Crippen LogP contribution in [0.1, 0.15) is 5.56 Å². The highest BCUT2D eigenvalue weighted by molar-refractivity contribution is 7.14. The van der Waals surface area contributed by atoms with Gasteiger partial charge in [0.25, 0.3) is 0 Å². The summed E-state index contributed by atoms with van der Waals surface area (Å²) in [5, 5.41) is 6.30. The summed E-state index contributed by atoms with van der Waals surface area (Å²) in [6, 6.07) is 14.0. The summed E-state index contributed by atoms with van der Waals surface area (Å²) in [5.41, 5.74) is 3.35. The van der Waals surface area contributed by atoms with Gasteiger partial charge in [-0.25, -0.2) is 0 Å². The zero-order valence-corrected chi connectivity index (χ0v) is 12.3. The number of hydrogen-bond acceptors (Lipinski definition) is 3. The standard InChI is InChI=1S/C16H13ClN2S/c17-15-6-2-1-4-12(15)10-19-14-8-16(20-11-14)13-5-3-7-18-9-13/h1-9,11,19H,10H2. The molecule has 3 aromatic rings. The largest absolute Gasteiger partial charge is 0.380 e. The van der Waals surface area contributed by atoms with E-state index >= 15 is 0 Å². The topological polar surface area (TPSA) is 24.9 Å². The molecule has 0 saturated carbocycles. The number of nitrogens with zero attached hydrogens (tertiary/aromatic N) is 1. The third kappa shape index (κ3) is 3.00. The predicted octanol–water partition coefficient (Wildman–Crippen LogP) is 5.08. The van der Waals surface area contributed by atoms with Gasteiger partial charge in [0.1, 0.15) is 0 Å². The molecule has 0 amide bonds. The molecular formula is C16H13ClN2S. The van der Waals surface area contributed by atoms with Gasteiger partial charge in [0, 0.05) is 45.5 Å². The van der Waals surface area contributed by atoms with E-state index in [0.29, 0.717) is 0 Å². The van der Waals surface area contributed by atoms with Crippen molar-refractivity contribution in [2.24, 2.45) is 0 Å². The van der Waals surface area contributed by atoms with Gasteiger partial charge in [0.05, 0.1) is 0 Å². The zero-order valence-electron chi connectivity index (χ0n) is 10.7. The summed E-state index contributed by atoms with van der Waals surface area (Å²) in [4.78, 5) is 5.35. The second-order valence-corrected chi connectivity index (χ2v) is 5.70. The highest BCUT2D eigenvalue weighted by Gasteiger charge is 2.03. The molecule has 0 bridgehead atoms. The summed E-state index contributed by atoms with van der Waals surface area (Å²) in [6.45, 7) is 0.725. The molecule has 0 radical (unpaired) electrons. The first-order valence-corrected chi connectivity index (χ1v) is 7.55. The minimum absolute atomic E-state index is 0.725. The van der Waals surface area contributed by atoms with E-state index in [1.54, 1.807) is 17.5 Å². The Morgan fingerprint density at radius 2 is 2.05 bits per heavy atom. The van der Waals surface area contributed by atoms with E-state index < -0.39 is 0 Å². The predicted molar refractivity (Wildman–Crippen MR) is 86.3 cm³/mol. The SMILES string of the molecule is Clc1ccccc1CNc1csc(-c2cccnc2)c1. The maximum atomic E-state index is 6.15. The van der Waals surface area contributed by atoms with E-state index in [1.807, 2.05) is 36.5 Å². The van der Waals surface area contributed by atoms with Crippen LogP contribution in [0.5, 0.6) is 0 Å². The minimum Gasteiger partial charge on any atom is -0.380 e. The van der Waals surface area contributed by atoms with Crippen LogP contribution in [0.2, 0.25) is 5.02 Å². The summed E-state index contributed by atoms with van der Waals surface area (Å²) in [6.07, 6.45) is 3.66. The van der Waals surface area contributed by atoms with Gasteiger partial charge in [-0.15, -0.1) is 11.3 Å². The quantitative estimate of drug-likeness (QED) is 0.727.